The molecule has 2 aromatic rings. The molecule has 0 aliphatic rings. The van der Waals surface area contributed by atoms with Crippen LogP contribution >= 0.6 is 15.9 Å². The number of benzene rings is 1. The Hall–Kier alpha value is -1.78. The third-order valence-electron chi connectivity index (χ3n) is 3.59. The van der Waals surface area contributed by atoms with Crippen molar-refractivity contribution in [1.29, 1.82) is 0 Å². The van der Waals surface area contributed by atoms with E-state index in [9.17, 15) is 13.2 Å². The maximum atomic E-state index is 12.5. The van der Waals surface area contributed by atoms with Crippen LogP contribution in [0.5, 0.6) is 0 Å². The Balaban J connectivity index is 1.99. The molecule has 0 saturated carbocycles. The SMILES string of the molecule is CN(CC(=O)NCc1ncnn1C(C)(C)C)S(=O)(=O)c1ccc(Br)cc1. The van der Waals surface area contributed by atoms with Gasteiger partial charge in [-0.2, -0.15) is 9.40 Å². The second-order valence-corrected chi connectivity index (χ2v) is 9.71. The largest absolute Gasteiger partial charge is 0.348 e. The van der Waals surface area contributed by atoms with E-state index in [2.05, 4.69) is 31.3 Å². The molecule has 1 aromatic carbocycles. The van der Waals surface area contributed by atoms with E-state index in [0.29, 0.717) is 5.82 Å². The minimum atomic E-state index is -3.74. The van der Waals surface area contributed by atoms with Crippen LogP contribution in [0.2, 0.25) is 0 Å². The number of aromatic nitrogens is 3. The summed E-state index contributed by atoms with van der Waals surface area (Å²) in [5, 5.41) is 6.84. The van der Waals surface area contributed by atoms with E-state index < -0.39 is 15.9 Å². The predicted octanol–water partition coefficient (Wildman–Crippen LogP) is 1.73. The number of amides is 1. The van der Waals surface area contributed by atoms with Gasteiger partial charge in [-0.25, -0.2) is 18.1 Å². The minimum Gasteiger partial charge on any atom is -0.348 e. The number of likely N-dealkylation sites (N-methyl/N-ethyl adjacent to an activating group) is 1. The van der Waals surface area contributed by atoms with Crippen molar-refractivity contribution in [3.05, 3.63) is 40.9 Å². The predicted molar refractivity (Wildman–Crippen MR) is 101 cm³/mol. The summed E-state index contributed by atoms with van der Waals surface area (Å²) in [6.07, 6.45) is 1.43. The van der Waals surface area contributed by atoms with Crippen molar-refractivity contribution in [2.75, 3.05) is 13.6 Å². The van der Waals surface area contributed by atoms with Crippen molar-refractivity contribution in [1.82, 2.24) is 24.4 Å². The van der Waals surface area contributed by atoms with E-state index in [1.54, 1.807) is 16.8 Å². The number of hydrogen-bond acceptors (Lipinski definition) is 5. The molecule has 10 heteroatoms. The molecule has 0 fully saturated rings. The normalized spacial score (nSPS) is 12.4. The molecule has 8 nitrogen and oxygen atoms in total. The number of sulfonamides is 1. The van der Waals surface area contributed by atoms with E-state index in [1.165, 1.54) is 25.5 Å². The molecule has 1 heterocycles. The van der Waals surface area contributed by atoms with E-state index in [4.69, 9.17) is 0 Å². The first-order valence-electron chi connectivity index (χ1n) is 7.90. The van der Waals surface area contributed by atoms with Gasteiger partial charge in [0, 0.05) is 11.5 Å². The van der Waals surface area contributed by atoms with Gasteiger partial charge < -0.3 is 5.32 Å². The summed E-state index contributed by atoms with van der Waals surface area (Å²) >= 11 is 3.26. The molecule has 0 saturated heterocycles. The third kappa shape index (κ3) is 4.89. The van der Waals surface area contributed by atoms with Crippen molar-refractivity contribution >= 4 is 31.9 Å². The fraction of sp³-hybridized carbons (Fsp3) is 0.438. The van der Waals surface area contributed by atoms with Gasteiger partial charge in [-0.15, -0.1) is 0 Å². The average molecular weight is 444 g/mol. The lowest BCUT2D eigenvalue weighted by molar-refractivity contribution is -0.121. The molecule has 0 aliphatic heterocycles. The molecule has 0 bridgehead atoms. The van der Waals surface area contributed by atoms with Gasteiger partial charge in [-0.3, -0.25) is 4.79 Å². The van der Waals surface area contributed by atoms with Gasteiger partial charge in [-0.05, 0) is 45.0 Å². The quantitative estimate of drug-likeness (QED) is 0.732. The molecule has 142 valence electrons. The van der Waals surface area contributed by atoms with Crippen molar-refractivity contribution in [2.24, 2.45) is 0 Å². The third-order valence-corrected chi connectivity index (χ3v) is 5.93. The van der Waals surface area contributed by atoms with Crippen LogP contribution < -0.4 is 5.32 Å². The zero-order chi connectivity index (χ0) is 19.5. The first-order chi connectivity index (χ1) is 12.0. The monoisotopic (exact) mass is 443 g/mol. The summed E-state index contributed by atoms with van der Waals surface area (Å²) < 4.78 is 28.5. The zero-order valence-corrected chi connectivity index (χ0v) is 17.5. The maximum absolute atomic E-state index is 12.5. The molecule has 1 amide bonds. The Kier molecular flexibility index (Phi) is 6.20. The van der Waals surface area contributed by atoms with Crippen molar-refractivity contribution in [2.45, 2.75) is 37.8 Å². The van der Waals surface area contributed by atoms with Crippen molar-refractivity contribution in [3.63, 3.8) is 0 Å². The molecule has 1 N–H and O–H groups in total. The molecule has 0 spiro atoms. The topological polar surface area (TPSA) is 97.2 Å². The molecule has 0 aliphatic carbocycles. The fourth-order valence-corrected chi connectivity index (χ4v) is 3.65. The summed E-state index contributed by atoms with van der Waals surface area (Å²) in [5.41, 5.74) is -0.266. The van der Waals surface area contributed by atoms with Gasteiger partial charge >= 0.3 is 0 Å². The lowest BCUT2D eigenvalue weighted by Gasteiger charge is -2.21. The number of hydrogen-bond donors (Lipinski definition) is 1. The summed E-state index contributed by atoms with van der Waals surface area (Å²) in [4.78, 5) is 16.4. The van der Waals surface area contributed by atoms with E-state index in [1.807, 2.05) is 20.8 Å². The van der Waals surface area contributed by atoms with E-state index in [-0.39, 0.29) is 23.5 Å². The lowest BCUT2D eigenvalue weighted by Crippen LogP contribution is -2.39. The molecule has 0 radical (unpaired) electrons. The zero-order valence-electron chi connectivity index (χ0n) is 15.1. The molecule has 26 heavy (non-hydrogen) atoms. The average Bonchev–Trinajstić information content (AvgIpc) is 3.02. The summed E-state index contributed by atoms with van der Waals surface area (Å²) in [6.45, 7) is 5.81. The second kappa shape index (κ2) is 7.85. The highest BCUT2D eigenvalue weighted by Gasteiger charge is 2.23. The summed E-state index contributed by atoms with van der Waals surface area (Å²) in [7, 11) is -2.37. The number of rotatable bonds is 6. The Bertz CT molecular complexity index is 872. The highest BCUT2D eigenvalue weighted by Crippen LogP contribution is 2.18. The highest BCUT2D eigenvalue weighted by molar-refractivity contribution is 9.10. The summed E-state index contributed by atoms with van der Waals surface area (Å²) in [6, 6.07) is 6.25. The Morgan fingerprint density at radius 1 is 1.27 bits per heavy atom. The minimum absolute atomic E-state index is 0.128. The maximum Gasteiger partial charge on any atom is 0.243 e. The molecular formula is C16H22BrN5O3S. The van der Waals surface area contributed by atoms with Crippen LogP contribution in [0, 0.1) is 0 Å². The van der Waals surface area contributed by atoms with Crippen LogP contribution in [0.25, 0.3) is 0 Å². The first kappa shape index (κ1) is 20.5. The van der Waals surface area contributed by atoms with Gasteiger partial charge in [0.2, 0.25) is 15.9 Å². The summed E-state index contributed by atoms with van der Waals surface area (Å²) in [5.74, 6) is 0.181. The Morgan fingerprint density at radius 2 is 1.88 bits per heavy atom. The van der Waals surface area contributed by atoms with Crippen molar-refractivity contribution in [3.8, 4) is 0 Å². The number of carbonyl (C=O) groups excluding carboxylic acids is 1. The van der Waals surface area contributed by atoms with Gasteiger partial charge in [0.15, 0.2) is 0 Å². The standard InChI is InChI=1S/C16H22BrN5O3S/c1-16(2,3)22-14(19-11-20-22)9-18-15(23)10-21(4)26(24,25)13-7-5-12(17)6-8-13/h5-8,11H,9-10H2,1-4H3,(H,18,23). The second-order valence-electron chi connectivity index (χ2n) is 6.75. The number of nitrogens with one attached hydrogen (secondary N) is 1. The first-order valence-corrected chi connectivity index (χ1v) is 10.1. The van der Waals surface area contributed by atoms with Crippen LogP contribution in [0.15, 0.2) is 40.0 Å². The fourth-order valence-electron chi connectivity index (χ4n) is 2.25. The lowest BCUT2D eigenvalue weighted by atomic mass is 10.1. The highest BCUT2D eigenvalue weighted by atomic mass is 79.9. The van der Waals surface area contributed by atoms with Gasteiger partial charge in [0.05, 0.1) is 23.5 Å². The van der Waals surface area contributed by atoms with E-state index in [0.717, 1.165) is 8.78 Å². The molecule has 0 atom stereocenters. The Labute approximate surface area is 161 Å². The molecular weight excluding hydrogens is 422 g/mol. The van der Waals surface area contributed by atoms with Crippen LogP contribution in [0.4, 0.5) is 0 Å². The van der Waals surface area contributed by atoms with Gasteiger partial charge in [0.25, 0.3) is 0 Å². The van der Waals surface area contributed by atoms with Crippen molar-refractivity contribution < 1.29 is 13.2 Å². The van der Waals surface area contributed by atoms with E-state index >= 15 is 0 Å². The number of carbonyl (C=O) groups is 1. The van der Waals surface area contributed by atoms with Gasteiger partial charge in [0.1, 0.15) is 12.2 Å². The molecule has 0 unspecified atom stereocenters. The van der Waals surface area contributed by atoms with Crippen LogP contribution in [-0.2, 0) is 26.9 Å². The number of nitrogens with zero attached hydrogens (tertiary/aromatic N) is 4. The smallest absolute Gasteiger partial charge is 0.243 e. The number of halogens is 1. The van der Waals surface area contributed by atoms with Gasteiger partial charge in [-0.1, -0.05) is 15.9 Å². The molecule has 1 aromatic heterocycles. The molecule has 2 rings (SSSR count). The van der Waals surface area contributed by atoms with Crippen LogP contribution in [0.3, 0.4) is 0 Å². The van der Waals surface area contributed by atoms with Crippen LogP contribution in [-0.4, -0.2) is 47.0 Å². The Morgan fingerprint density at radius 3 is 2.46 bits per heavy atom. The van der Waals surface area contributed by atoms with Crippen LogP contribution in [0.1, 0.15) is 26.6 Å².